The number of benzene rings is 2. The number of pyridine rings is 1. The minimum absolute atomic E-state index is 0.0360. The lowest BCUT2D eigenvalue weighted by Gasteiger charge is -2.17. The van der Waals surface area contributed by atoms with Gasteiger partial charge in [0.2, 0.25) is 5.88 Å². The van der Waals surface area contributed by atoms with Gasteiger partial charge in [-0.05, 0) is 52.8 Å². The summed E-state index contributed by atoms with van der Waals surface area (Å²) < 4.78 is 43.2. The van der Waals surface area contributed by atoms with Crippen molar-refractivity contribution in [3.05, 3.63) is 71.4 Å². The maximum absolute atomic E-state index is 12.7. The van der Waals surface area contributed by atoms with Crippen LogP contribution in [0.4, 0.5) is 13.2 Å². The molecule has 1 aromatic heterocycles. The van der Waals surface area contributed by atoms with Crippen molar-refractivity contribution < 1.29 is 17.9 Å². The van der Waals surface area contributed by atoms with Crippen LogP contribution in [0.25, 0.3) is 22.3 Å². The molecule has 4 rings (SSSR count). The number of nitrogens with two attached hydrogens (primary N) is 1. The van der Waals surface area contributed by atoms with Crippen LogP contribution in [0.1, 0.15) is 29.7 Å². The molecular formula is C22H19F3N2O. The first-order chi connectivity index (χ1) is 13.3. The summed E-state index contributed by atoms with van der Waals surface area (Å²) in [7, 11) is 0. The standard InChI is InChI=1S/C22H19F3N2O/c1-13(26)15-10-20(21(27-11-15)28-12-22(23,24)25)18-8-4-7-17-16-6-3-2-5-14(16)9-19(17)18/h2-8,10-11,13H,9,12,26H2,1H3. The Morgan fingerprint density at radius 3 is 2.43 bits per heavy atom. The largest absolute Gasteiger partial charge is 0.468 e. The van der Waals surface area contributed by atoms with Gasteiger partial charge in [0.05, 0.1) is 0 Å². The monoisotopic (exact) mass is 384 g/mol. The van der Waals surface area contributed by atoms with E-state index in [1.54, 1.807) is 6.07 Å². The number of ether oxygens (including phenoxy) is 1. The van der Waals surface area contributed by atoms with Gasteiger partial charge in [-0.2, -0.15) is 13.2 Å². The Kier molecular flexibility index (Phi) is 4.59. The minimum atomic E-state index is -4.44. The average Bonchev–Trinajstić information content (AvgIpc) is 3.04. The average molecular weight is 384 g/mol. The van der Waals surface area contributed by atoms with Crippen molar-refractivity contribution in [3.63, 3.8) is 0 Å². The molecule has 1 aliphatic carbocycles. The fraction of sp³-hybridized carbons (Fsp3) is 0.227. The summed E-state index contributed by atoms with van der Waals surface area (Å²) >= 11 is 0. The maximum atomic E-state index is 12.7. The quantitative estimate of drug-likeness (QED) is 0.521. The number of alkyl halides is 3. The number of rotatable bonds is 4. The van der Waals surface area contributed by atoms with Crippen LogP contribution in [0.3, 0.4) is 0 Å². The number of hydrogen-bond acceptors (Lipinski definition) is 3. The van der Waals surface area contributed by atoms with E-state index in [4.69, 9.17) is 10.5 Å². The molecule has 0 aliphatic heterocycles. The van der Waals surface area contributed by atoms with E-state index in [-0.39, 0.29) is 11.9 Å². The van der Waals surface area contributed by atoms with Crippen molar-refractivity contribution in [1.82, 2.24) is 4.98 Å². The Hall–Kier alpha value is -2.86. The molecule has 2 N–H and O–H groups in total. The second-order valence-corrected chi connectivity index (χ2v) is 6.98. The van der Waals surface area contributed by atoms with Gasteiger partial charge in [-0.15, -0.1) is 0 Å². The SMILES string of the molecule is CC(N)c1cnc(OCC(F)(F)F)c(-c2cccc3c2Cc2ccccc2-3)c1. The van der Waals surface area contributed by atoms with Crippen LogP contribution in [0.15, 0.2) is 54.7 Å². The van der Waals surface area contributed by atoms with Crippen molar-refractivity contribution in [2.24, 2.45) is 5.73 Å². The summed E-state index contributed by atoms with van der Waals surface area (Å²) in [4.78, 5) is 4.15. The zero-order valence-electron chi connectivity index (χ0n) is 15.3. The molecular weight excluding hydrogens is 365 g/mol. The van der Waals surface area contributed by atoms with E-state index in [0.29, 0.717) is 12.0 Å². The molecule has 28 heavy (non-hydrogen) atoms. The summed E-state index contributed by atoms with van der Waals surface area (Å²) in [5.74, 6) is -0.0360. The highest BCUT2D eigenvalue weighted by Crippen LogP contribution is 2.43. The number of nitrogens with zero attached hydrogens (tertiary/aromatic N) is 1. The van der Waals surface area contributed by atoms with E-state index in [9.17, 15) is 13.2 Å². The van der Waals surface area contributed by atoms with Crippen LogP contribution in [-0.4, -0.2) is 17.8 Å². The molecule has 0 saturated heterocycles. The molecule has 0 spiro atoms. The first kappa shape index (κ1) is 18.5. The molecule has 144 valence electrons. The van der Waals surface area contributed by atoms with Gasteiger partial charge in [0.15, 0.2) is 6.61 Å². The fourth-order valence-electron chi connectivity index (χ4n) is 3.59. The summed E-state index contributed by atoms with van der Waals surface area (Å²) in [6.07, 6.45) is -2.26. The van der Waals surface area contributed by atoms with Gasteiger partial charge >= 0.3 is 6.18 Å². The summed E-state index contributed by atoms with van der Waals surface area (Å²) in [5, 5.41) is 0. The van der Waals surface area contributed by atoms with Gasteiger partial charge in [-0.1, -0.05) is 42.5 Å². The molecule has 2 aromatic carbocycles. The molecule has 1 atom stereocenters. The topological polar surface area (TPSA) is 48.1 Å². The number of fused-ring (bicyclic) bond motifs is 3. The third kappa shape index (κ3) is 3.47. The third-order valence-electron chi connectivity index (χ3n) is 4.91. The number of halogens is 3. The smallest absolute Gasteiger partial charge is 0.422 e. The molecule has 6 heteroatoms. The Labute approximate surface area is 161 Å². The van der Waals surface area contributed by atoms with Crippen molar-refractivity contribution in [2.45, 2.75) is 25.6 Å². The van der Waals surface area contributed by atoms with E-state index >= 15 is 0 Å². The van der Waals surface area contributed by atoms with Crippen LogP contribution in [0.2, 0.25) is 0 Å². The molecule has 0 radical (unpaired) electrons. The molecule has 0 amide bonds. The van der Waals surface area contributed by atoms with Crippen molar-refractivity contribution in [3.8, 4) is 28.1 Å². The predicted molar refractivity (Wildman–Crippen MR) is 102 cm³/mol. The lowest BCUT2D eigenvalue weighted by Crippen LogP contribution is -2.20. The highest BCUT2D eigenvalue weighted by atomic mass is 19.4. The number of aromatic nitrogens is 1. The van der Waals surface area contributed by atoms with Crippen LogP contribution >= 0.6 is 0 Å². The van der Waals surface area contributed by atoms with Crippen LogP contribution in [0, 0.1) is 0 Å². The number of hydrogen-bond donors (Lipinski definition) is 1. The molecule has 3 aromatic rings. The van der Waals surface area contributed by atoms with Crippen LogP contribution in [0.5, 0.6) is 5.88 Å². The molecule has 0 saturated carbocycles. The van der Waals surface area contributed by atoms with E-state index in [1.807, 2.05) is 37.3 Å². The molecule has 1 unspecified atom stereocenters. The highest BCUT2D eigenvalue weighted by Gasteiger charge is 2.30. The highest BCUT2D eigenvalue weighted by molar-refractivity contribution is 5.86. The third-order valence-corrected chi connectivity index (χ3v) is 4.91. The first-order valence-electron chi connectivity index (χ1n) is 8.99. The van der Waals surface area contributed by atoms with Gasteiger partial charge in [-0.3, -0.25) is 0 Å². The Morgan fingerprint density at radius 1 is 1.04 bits per heavy atom. The Bertz CT molecular complexity index is 1030. The fourth-order valence-corrected chi connectivity index (χ4v) is 3.59. The molecule has 0 fully saturated rings. The Morgan fingerprint density at radius 2 is 1.71 bits per heavy atom. The predicted octanol–water partition coefficient (Wildman–Crippen LogP) is 5.28. The second kappa shape index (κ2) is 6.95. The maximum Gasteiger partial charge on any atom is 0.422 e. The zero-order chi connectivity index (χ0) is 19.9. The second-order valence-electron chi connectivity index (χ2n) is 6.98. The molecule has 1 heterocycles. The minimum Gasteiger partial charge on any atom is -0.468 e. The molecule has 1 aliphatic rings. The summed E-state index contributed by atoms with van der Waals surface area (Å²) in [6.45, 7) is 0.419. The first-order valence-corrected chi connectivity index (χ1v) is 8.99. The van der Waals surface area contributed by atoms with E-state index in [0.717, 1.165) is 27.8 Å². The van der Waals surface area contributed by atoms with Gasteiger partial charge in [-0.25, -0.2) is 4.98 Å². The van der Waals surface area contributed by atoms with Crippen molar-refractivity contribution >= 4 is 0 Å². The van der Waals surface area contributed by atoms with E-state index < -0.39 is 12.8 Å². The van der Waals surface area contributed by atoms with E-state index in [1.165, 1.54) is 11.8 Å². The van der Waals surface area contributed by atoms with Crippen LogP contribution < -0.4 is 10.5 Å². The van der Waals surface area contributed by atoms with Gasteiger partial charge in [0.25, 0.3) is 0 Å². The lowest BCUT2D eigenvalue weighted by atomic mass is 9.95. The van der Waals surface area contributed by atoms with Gasteiger partial charge < -0.3 is 10.5 Å². The van der Waals surface area contributed by atoms with Crippen molar-refractivity contribution in [1.29, 1.82) is 0 Å². The zero-order valence-corrected chi connectivity index (χ0v) is 15.3. The Balaban J connectivity index is 1.84. The molecule has 3 nitrogen and oxygen atoms in total. The normalized spacial score (nSPS) is 13.8. The lowest BCUT2D eigenvalue weighted by molar-refractivity contribution is -0.154. The van der Waals surface area contributed by atoms with E-state index in [2.05, 4.69) is 17.1 Å². The molecule has 0 bridgehead atoms. The summed E-state index contributed by atoms with van der Waals surface area (Å²) in [6, 6.07) is 15.4. The van der Waals surface area contributed by atoms with Crippen molar-refractivity contribution in [2.75, 3.05) is 6.61 Å². The van der Waals surface area contributed by atoms with Gasteiger partial charge in [0, 0.05) is 17.8 Å². The van der Waals surface area contributed by atoms with Gasteiger partial charge in [0.1, 0.15) is 0 Å². The van der Waals surface area contributed by atoms with Crippen LogP contribution in [-0.2, 0) is 6.42 Å². The summed E-state index contributed by atoms with van der Waals surface area (Å²) in [5.41, 5.74) is 12.5.